The van der Waals surface area contributed by atoms with Crippen molar-refractivity contribution >= 4 is 5.82 Å². The Kier molecular flexibility index (Phi) is 3.79. The third-order valence-corrected chi connectivity index (χ3v) is 4.01. The summed E-state index contributed by atoms with van der Waals surface area (Å²) in [6.45, 7) is 4.97. The number of fused-ring (bicyclic) bond motifs is 1. The lowest BCUT2D eigenvalue weighted by Crippen LogP contribution is -2.15. The van der Waals surface area contributed by atoms with Crippen molar-refractivity contribution in [3.63, 3.8) is 0 Å². The molecule has 0 saturated heterocycles. The van der Waals surface area contributed by atoms with E-state index in [1.807, 2.05) is 29.1 Å². The molecule has 0 aliphatic carbocycles. The van der Waals surface area contributed by atoms with Gasteiger partial charge in [-0.2, -0.15) is 5.10 Å². The minimum Gasteiger partial charge on any atom is -0.496 e. The first-order chi connectivity index (χ1) is 10.7. The van der Waals surface area contributed by atoms with E-state index < -0.39 is 0 Å². The molecule has 0 amide bonds. The number of hydrogen-bond acceptors (Lipinski definition) is 4. The molecule has 5 heteroatoms. The Morgan fingerprint density at radius 2 is 1.91 bits per heavy atom. The Morgan fingerprint density at radius 1 is 1.23 bits per heavy atom. The van der Waals surface area contributed by atoms with Gasteiger partial charge in [0.1, 0.15) is 17.3 Å². The molecule has 0 fully saturated rings. The monoisotopic (exact) mass is 299 g/mol. The van der Waals surface area contributed by atoms with E-state index in [0.717, 1.165) is 40.7 Å². The first-order valence-corrected chi connectivity index (χ1v) is 7.41. The van der Waals surface area contributed by atoms with Gasteiger partial charge in [0.05, 0.1) is 20.4 Å². The van der Waals surface area contributed by atoms with Crippen LogP contribution >= 0.6 is 0 Å². The topological polar surface area (TPSA) is 48.3 Å². The highest BCUT2D eigenvalue weighted by Crippen LogP contribution is 2.44. The number of hydrogen-bond donors (Lipinski definition) is 1. The first kappa shape index (κ1) is 14.5. The van der Waals surface area contributed by atoms with Crippen molar-refractivity contribution in [3.8, 4) is 11.5 Å². The summed E-state index contributed by atoms with van der Waals surface area (Å²) in [6.07, 6.45) is 4.11. The van der Waals surface area contributed by atoms with Crippen molar-refractivity contribution < 1.29 is 9.47 Å². The third kappa shape index (κ3) is 2.22. The molecule has 116 valence electrons. The normalized spacial score (nSPS) is 16.5. The molecule has 0 saturated carbocycles. The molecule has 1 aromatic heterocycles. The fourth-order valence-electron chi connectivity index (χ4n) is 3.00. The molecule has 1 atom stereocenters. The van der Waals surface area contributed by atoms with Crippen LogP contribution in [0.15, 0.2) is 36.2 Å². The van der Waals surface area contributed by atoms with Crippen LogP contribution in [0.1, 0.15) is 30.9 Å². The van der Waals surface area contributed by atoms with Crippen LogP contribution in [0, 0.1) is 0 Å². The van der Waals surface area contributed by atoms with Crippen LogP contribution in [0.25, 0.3) is 0 Å². The summed E-state index contributed by atoms with van der Waals surface area (Å²) in [5, 5.41) is 7.89. The van der Waals surface area contributed by atoms with Crippen LogP contribution in [-0.2, 0) is 6.54 Å². The number of rotatable bonds is 4. The highest BCUT2D eigenvalue weighted by molar-refractivity contribution is 5.63. The SMILES string of the molecule is CCn1ncc2c1NC(C)=CC2c1c(OC)cccc1OC. The minimum absolute atomic E-state index is 0.0580. The summed E-state index contributed by atoms with van der Waals surface area (Å²) in [5.41, 5.74) is 3.26. The summed E-state index contributed by atoms with van der Waals surface area (Å²) < 4.78 is 13.1. The molecule has 2 heterocycles. The maximum atomic E-state index is 5.57. The van der Waals surface area contributed by atoms with Gasteiger partial charge in [0.25, 0.3) is 0 Å². The lowest BCUT2D eigenvalue weighted by molar-refractivity contribution is 0.384. The number of anilines is 1. The lowest BCUT2D eigenvalue weighted by atomic mass is 9.88. The number of benzene rings is 1. The van der Waals surface area contributed by atoms with Gasteiger partial charge in [-0.25, -0.2) is 4.68 Å². The third-order valence-electron chi connectivity index (χ3n) is 4.01. The summed E-state index contributed by atoms with van der Waals surface area (Å²) in [5.74, 6) is 2.75. The van der Waals surface area contributed by atoms with Crippen LogP contribution in [-0.4, -0.2) is 24.0 Å². The molecule has 1 aromatic carbocycles. The van der Waals surface area contributed by atoms with Crippen LogP contribution in [0.4, 0.5) is 5.82 Å². The van der Waals surface area contributed by atoms with Crippen molar-refractivity contribution in [1.29, 1.82) is 0 Å². The van der Waals surface area contributed by atoms with Gasteiger partial charge in [0.15, 0.2) is 0 Å². The van der Waals surface area contributed by atoms with E-state index in [2.05, 4.69) is 30.3 Å². The number of aromatic nitrogens is 2. The Bertz CT molecular complexity index is 696. The minimum atomic E-state index is 0.0580. The fourth-order valence-corrected chi connectivity index (χ4v) is 3.00. The van der Waals surface area contributed by atoms with Gasteiger partial charge < -0.3 is 14.8 Å². The highest BCUT2D eigenvalue weighted by atomic mass is 16.5. The molecule has 1 aliphatic rings. The summed E-state index contributed by atoms with van der Waals surface area (Å²) in [4.78, 5) is 0. The van der Waals surface area contributed by atoms with Gasteiger partial charge in [-0.05, 0) is 26.0 Å². The van der Waals surface area contributed by atoms with Crippen molar-refractivity contribution in [3.05, 3.63) is 47.3 Å². The van der Waals surface area contributed by atoms with Gasteiger partial charge in [-0.15, -0.1) is 0 Å². The quantitative estimate of drug-likeness (QED) is 0.940. The second-order valence-corrected chi connectivity index (χ2v) is 5.29. The van der Waals surface area contributed by atoms with Crippen molar-refractivity contribution in [2.75, 3.05) is 19.5 Å². The van der Waals surface area contributed by atoms with Crippen molar-refractivity contribution in [2.45, 2.75) is 26.3 Å². The standard InChI is InChI=1S/C17H21N3O2/c1-5-20-17-13(10-18-20)12(9-11(2)19-17)16-14(21-3)7-6-8-15(16)22-4/h6-10,12,19H,5H2,1-4H3. The molecular formula is C17H21N3O2. The van der Waals surface area contributed by atoms with E-state index >= 15 is 0 Å². The molecule has 0 bridgehead atoms. The van der Waals surface area contributed by atoms with E-state index in [9.17, 15) is 0 Å². The van der Waals surface area contributed by atoms with E-state index in [-0.39, 0.29) is 5.92 Å². The number of allylic oxidation sites excluding steroid dienone is 2. The zero-order chi connectivity index (χ0) is 15.7. The predicted molar refractivity (Wildman–Crippen MR) is 86.7 cm³/mol. The molecule has 3 rings (SSSR count). The highest BCUT2D eigenvalue weighted by Gasteiger charge is 2.28. The molecule has 5 nitrogen and oxygen atoms in total. The molecule has 1 unspecified atom stereocenters. The number of aryl methyl sites for hydroxylation is 1. The molecule has 2 aromatic rings. The molecule has 0 radical (unpaired) electrons. The number of nitrogens with one attached hydrogen (secondary N) is 1. The Morgan fingerprint density at radius 3 is 2.50 bits per heavy atom. The maximum Gasteiger partial charge on any atom is 0.132 e. The Balaban J connectivity index is 2.20. The van der Waals surface area contributed by atoms with Gasteiger partial charge >= 0.3 is 0 Å². The number of ether oxygens (including phenoxy) is 2. The summed E-state index contributed by atoms with van der Waals surface area (Å²) in [6, 6.07) is 5.87. The molecule has 0 spiro atoms. The van der Waals surface area contributed by atoms with Crippen LogP contribution in [0.5, 0.6) is 11.5 Å². The molecule has 22 heavy (non-hydrogen) atoms. The van der Waals surface area contributed by atoms with E-state index in [1.54, 1.807) is 14.2 Å². The zero-order valence-corrected chi connectivity index (χ0v) is 13.4. The zero-order valence-electron chi connectivity index (χ0n) is 13.4. The van der Waals surface area contributed by atoms with Gasteiger partial charge in [-0.1, -0.05) is 12.1 Å². The van der Waals surface area contributed by atoms with Gasteiger partial charge in [0.2, 0.25) is 0 Å². The maximum absolute atomic E-state index is 5.57. The largest absolute Gasteiger partial charge is 0.496 e. The van der Waals surface area contributed by atoms with Crippen molar-refractivity contribution in [2.24, 2.45) is 0 Å². The second kappa shape index (κ2) is 5.75. The first-order valence-electron chi connectivity index (χ1n) is 7.41. The molecule has 1 aliphatic heterocycles. The summed E-state index contributed by atoms with van der Waals surface area (Å²) >= 11 is 0. The number of nitrogens with zero attached hydrogens (tertiary/aromatic N) is 2. The van der Waals surface area contributed by atoms with E-state index in [1.165, 1.54) is 0 Å². The lowest BCUT2D eigenvalue weighted by Gasteiger charge is -2.25. The van der Waals surface area contributed by atoms with E-state index in [0.29, 0.717) is 0 Å². The molecular weight excluding hydrogens is 278 g/mol. The second-order valence-electron chi connectivity index (χ2n) is 5.29. The number of methoxy groups -OCH3 is 2. The van der Waals surface area contributed by atoms with Crippen molar-refractivity contribution in [1.82, 2.24) is 9.78 Å². The van der Waals surface area contributed by atoms with E-state index in [4.69, 9.17) is 9.47 Å². The Hall–Kier alpha value is -2.43. The van der Waals surface area contributed by atoms with Gasteiger partial charge in [-0.3, -0.25) is 0 Å². The predicted octanol–water partition coefficient (Wildman–Crippen LogP) is 3.38. The average molecular weight is 299 g/mol. The molecule has 1 N–H and O–H groups in total. The summed E-state index contributed by atoms with van der Waals surface area (Å²) in [7, 11) is 3.37. The van der Waals surface area contributed by atoms with Crippen LogP contribution in [0.3, 0.4) is 0 Å². The van der Waals surface area contributed by atoms with Crippen LogP contribution in [0.2, 0.25) is 0 Å². The van der Waals surface area contributed by atoms with Crippen LogP contribution < -0.4 is 14.8 Å². The Labute approximate surface area is 130 Å². The van der Waals surface area contributed by atoms with Gasteiger partial charge in [0, 0.05) is 29.3 Å². The average Bonchev–Trinajstić information content (AvgIpc) is 2.96. The fraction of sp³-hybridized carbons (Fsp3) is 0.353. The smallest absolute Gasteiger partial charge is 0.132 e.